The van der Waals surface area contributed by atoms with Crippen molar-refractivity contribution in [1.82, 2.24) is 25.1 Å². The van der Waals surface area contributed by atoms with Crippen molar-refractivity contribution >= 4 is 29.0 Å². The van der Waals surface area contributed by atoms with Gasteiger partial charge in [0.1, 0.15) is 11.0 Å². The molecule has 1 amide bonds. The third kappa shape index (κ3) is 5.10. The molecule has 156 valence electrons. The molecule has 2 aromatic heterocycles. The van der Waals surface area contributed by atoms with Crippen LogP contribution >= 0.6 is 23.1 Å². The number of benzene rings is 2. The molecule has 4 rings (SSSR count). The molecule has 0 aliphatic carbocycles. The van der Waals surface area contributed by atoms with E-state index in [1.165, 1.54) is 23.1 Å². The Labute approximate surface area is 189 Å². The molecule has 0 spiro atoms. The van der Waals surface area contributed by atoms with Crippen LogP contribution in [0.3, 0.4) is 0 Å². The fourth-order valence-corrected chi connectivity index (χ4v) is 4.61. The van der Waals surface area contributed by atoms with Crippen LogP contribution in [0.15, 0.2) is 90.1 Å². The predicted octanol–water partition coefficient (Wildman–Crippen LogP) is 4.59. The van der Waals surface area contributed by atoms with Gasteiger partial charge in [0.2, 0.25) is 5.91 Å². The SMILES string of the molecule is C=CCn1c(SCC(=O)NC(c2ccccc2)c2nccs2)nnc1-c1ccccc1. The topological polar surface area (TPSA) is 72.7 Å². The zero-order valence-corrected chi connectivity index (χ0v) is 18.4. The van der Waals surface area contributed by atoms with Crippen LogP contribution in [0.5, 0.6) is 0 Å². The van der Waals surface area contributed by atoms with E-state index < -0.39 is 0 Å². The van der Waals surface area contributed by atoms with Crippen LogP contribution in [-0.2, 0) is 11.3 Å². The smallest absolute Gasteiger partial charge is 0.231 e. The maximum absolute atomic E-state index is 12.8. The first kappa shape index (κ1) is 21.0. The summed E-state index contributed by atoms with van der Waals surface area (Å²) in [6.07, 6.45) is 3.55. The van der Waals surface area contributed by atoms with E-state index in [1.807, 2.05) is 70.6 Å². The molecule has 1 unspecified atom stereocenters. The second-order valence-electron chi connectivity index (χ2n) is 6.64. The number of thiazole rings is 1. The summed E-state index contributed by atoms with van der Waals surface area (Å²) in [5.41, 5.74) is 1.97. The Morgan fingerprint density at radius 3 is 2.55 bits per heavy atom. The zero-order valence-electron chi connectivity index (χ0n) is 16.7. The molecule has 0 saturated carbocycles. The highest BCUT2D eigenvalue weighted by Crippen LogP contribution is 2.26. The molecule has 0 bridgehead atoms. The number of nitrogens with zero attached hydrogens (tertiary/aromatic N) is 4. The molecule has 6 nitrogen and oxygen atoms in total. The summed E-state index contributed by atoms with van der Waals surface area (Å²) in [6.45, 7) is 4.40. The summed E-state index contributed by atoms with van der Waals surface area (Å²) < 4.78 is 1.97. The monoisotopic (exact) mass is 447 g/mol. The number of carbonyl (C=O) groups excluding carboxylic acids is 1. The number of rotatable bonds is 9. The van der Waals surface area contributed by atoms with E-state index in [-0.39, 0.29) is 17.7 Å². The Balaban J connectivity index is 1.48. The Hall–Kier alpha value is -3.23. The average Bonchev–Trinajstić information content (AvgIpc) is 3.48. The average molecular weight is 448 g/mol. The third-order valence-corrected chi connectivity index (χ3v) is 6.34. The standard InChI is InChI=1S/C23H21N5OS2/c1-2-14-28-21(18-11-7-4-8-12-18)26-27-23(28)31-16-19(29)25-20(22-24-13-15-30-22)17-9-5-3-6-10-17/h2-13,15,20H,1,14,16H2,(H,25,29). The lowest BCUT2D eigenvalue weighted by Crippen LogP contribution is -2.30. The maximum Gasteiger partial charge on any atom is 0.231 e. The number of carbonyl (C=O) groups is 1. The first-order chi connectivity index (χ1) is 15.3. The predicted molar refractivity (Wildman–Crippen MR) is 125 cm³/mol. The molecule has 4 aromatic rings. The first-order valence-electron chi connectivity index (χ1n) is 9.72. The van der Waals surface area contributed by atoms with Gasteiger partial charge in [-0.3, -0.25) is 9.36 Å². The molecule has 1 N–H and O–H groups in total. The highest BCUT2D eigenvalue weighted by molar-refractivity contribution is 7.99. The van der Waals surface area contributed by atoms with Crippen molar-refractivity contribution in [2.75, 3.05) is 5.75 Å². The fraction of sp³-hybridized carbons (Fsp3) is 0.130. The largest absolute Gasteiger partial charge is 0.342 e. The summed E-state index contributed by atoms with van der Waals surface area (Å²) in [7, 11) is 0. The minimum Gasteiger partial charge on any atom is -0.342 e. The molecular weight excluding hydrogens is 426 g/mol. The molecule has 8 heteroatoms. The van der Waals surface area contributed by atoms with Crippen LogP contribution < -0.4 is 5.32 Å². The number of hydrogen-bond acceptors (Lipinski definition) is 6. The van der Waals surface area contributed by atoms with Crippen molar-refractivity contribution in [3.8, 4) is 11.4 Å². The lowest BCUT2D eigenvalue weighted by atomic mass is 10.1. The van der Waals surface area contributed by atoms with Crippen molar-refractivity contribution in [3.63, 3.8) is 0 Å². The molecule has 2 heterocycles. The van der Waals surface area contributed by atoms with E-state index >= 15 is 0 Å². The molecule has 0 aliphatic rings. The summed E-state index contributed by atoms with van der Waals surface area (Å²) in [4.78, 5) is 17.2. The van der Waals surface area contributed by atoms with Gasteiger partial charge >= 0.3 is 0 Å². The minimum atomic E-state index is -0.278. The Morgan fingerprint density at radius 2 is 1.87 bits per heavy atom. The van der Waals surface area contributed by atoms with Gasteiger partial charge in [-0.25, -0.2) is 4.98 Å². The van der Waals surface area contributed by atoms with E-state index in [4.69, 9.17) is 0 Å². The maximum atomic E-state index is 12.8. The van der Waals surface area contributed by atoms with E-state index in [2.05, 4.69) is 27.1 Å². The summed E-state index contributed by atoms with van der Waals surface area (Å²) in [5.74, 6) is 0.885. The number of aromatic nitrogens is 4. The number of allylic oxidation sites excluding steroid dienone is 1. The molecule has 0 aliphatic heterocycles. The van der Waals surface area contributed by atoms with E-state index in [1.54, 1.807) is 12.3 Å². The van der Waals surface area contributed by atoms with Crippen LogP contribution in [0.2, 0.25) is 0 Å². The van der Waals surface area contributed by atoms with Gasteiger partial charge in [0, 0.05) is 23.7 Å². The third-order valence-electron chi connectivity index (χ3n) is 4.53. The van der Waals surface area contributed by atoms with Gasteiger partial charge in [0.25, 0.3) is 0 Å². The highest BCUT2D eigenvalue weighted by Gasteiger charge is 2.20. The molecule has 0 radical (unpaired) electrons. The van der Waals surface area contributed by atoms with E-state index in [9.17, 15) is 4.79 Å². The van der Waals surface area contributed by atoms with E-state index in [0.29, 0.717) is 11.7 Å². The lowest BCUT2D eigenvalue weighted by molar-refractivity contribution is -0.119. The van der Waals surface area contributed by atoms with Crippen LogP contribution in [0.1, 0.15) is 16.6 Å². The molecule has 2 aromatic carbocycles. The van der Waals surface area contributed by atoms with Crippen molar-refractivity contribution in [2.24, 2.45) is 0 Å². The van der Waals surface area contributed by atoms with Gasteiger partial charge < -0.3 is 5.32 Å². The minimum absolute atomic E-state index is 0.0940. The summed E-state index contributed by atoms with van der Waals surface area (Å²) >= 11 is 2.88. The number of nitrogens with one attached hydrogen (secondary N) is 1. The second-order valence-corrected chi connectivity index (χ2v) is 8.51. The summed E-state index contributed by atoms with van der Waals surface area (Å²) in [5, 5.41) is 15.2. The van der Waals surface area contributed by atoms with Crippen LogP contribution in [0.25, 0.3) is 11.4 Å². The second kappa shape index (κ2) is 10.2. The van der Waals surface area contributed by atoms with Crippen molar-refractivity contribution in [2.45, 2.75) is 17.7 Å². The quantitative estimate of drug-likeness (QED) is 0.300. The van der Waals surface area contributed by atoms with Crippen molar-refractivity contribution < 1.29 is 4.79 Å². The number of amides is 1. The van der Waals surface area contributed by atoms with Gasteiger partial charge in [-0.15, -0.1) is 28.1 Å². The molecular formula is C23H21N5OS2. The van der Waals surface area contributed by atoms with Gasteiger partial charge in [0.05, 0.1) is 5.75 Å². The van der Waals surface area contributed by atoms with E-state index in [0.717, 1.165) is 22.0 Å². The molecule has 1 atom stereocenters. The Bertz CT molecular complexity index is 1130. The zero-order chi connectivity index (χ0) is 21.5. The van der Waals surface area contributed by atoms with Gasteiger partial charge in [-0.2, -0.15) is 0 Å². The number of hydrogen-bond donors (Lipinski definition) is 1. The van der Waals surface area contributed by atoms with Gasteiger partial charge in [0.15, 0.2) is 11.0 Å². The van der Waals surface area contributed by atoms with Crippen LogP contribution in [-0.4, -0.2) is 31.4 Å². The molecule has 31 heavy (non-hydrogen) atoms. The molecule has 0 saturated heterocycles. The fourth-order valence-electron chi connectivity index (χ4n) is 3.13. The highest BCUT2D eigenvalue weighted by atomic mass is 32.2. The summed E-state index contributed by atoms with van der Waals surface area (Å²) in [6, 6.07) is 19.4. The van der Waals surface area contributed by atoms with Gasteiger partial charge in [-0.1, -0.05) is 78.5 Å². The van der Waals surface area contributed by atoms with Crippen LogP contribution in [0.4, 0.5) is 0 Å². The first-order valence-corrected chi connectivity index (χ1v) is 11.6. The van der Waals surface area contributed by atoms with Crippen LogP contribution in [0, 0.1) is 0 Å². The van der Waals surface area contributed by atoms with Crippen molar-refractivity contribution in [1.29, 1.82) is 0 Å². The normalized spacial score (nSPS) is 11.7. The number of thioether (sulfide) groups is 1. The van der Waals surface area contributed by atoms with Crippen molar-refractivity contribution in [3.05, 3.63) is 95.5 Å². The Morgan fingerprint density at radius 1 is 1.13 bits per heavy atom. The molecule has 0 fully saturated rings. The van der Waals surface area contributed by atoms with Gasteiger partial charge in [-0.05, 0) is 5.56 Å². The Kier molecular flexibility index (Phi) is 6.91. The lowest BCUT2D eigenvalue weighted by Gasteiger charge is -2.17.